The molecule has 0 saturated carbocycles. The van der Waals surface area contributed by atoms with Crippen molar-refractivity contribution in [2.45, 2.75) is 20.0 Å². The van der Waals surface area contributed by atoms with E-state index in [4.69, 9.17) is 0 Å². The Balaban J connectivity index is 4.84. The van der Waals surface area contributed by atoms with Crippen LogP contribution in [0.1, 0.15) is 13.8 Å². The number of Topliss-reactive ketones (excluding diaryl/α,β-unsaturated/α-hetero) is 1. The van der Waals surface area contributed by atoms with Crippen molar-refractivity contribution in [3.05, 3.63) is 0 Å². The second-order valence-corrected chi connectivity index (χ2v) is 4.13. The molecule has 0 amide bonds. The van der Waals surface area contributed by atoms with E-state index in [1.807, 2.05) is 0 Å². The zero-order valence-electron chi connectivity index (χ0n) is 8.63. The monoisotopic (exact) mass is 258 g/mol. The molecule has 0 aromatic heterocycles. The van der Waals surface area contributed by atoms with E-state index in [2.05, 4.69) is 9.05 Å². The third kappa shape index (κ3) is 5.31. The van der Waals surface area contributed by atoms with E-state index in [0.29, 0.717) is 0 Å². The number of carbonyl (C=O) groups excluding carboxylic acids is 1. The molecule has 0 fully saturated rings. The molecule has 0 aliphatic heterocycles. The largest absolute Gasteiger partial charge is 0.462 e. The van der Waals surface area contributed by atoms with Gasteiger partial charge in [0.2, 0.25) is 0 Å². The van der Waals surface area contributed by atoms with Gasteiger partial charge in [-0.25, -0.2) is 4.57 Å². The van der Waals surface area contributed by atoms with E-state index in [-0.39, 0.29) is 13.2 Å². The van der Waals surface area contributed by atoms with Crippen LogP contribution in [0.3, 0.4) is 0 Å². The van der Waals surface area contributed by atoms with Gasteiger partial charge in [-0.05, 0) is 19.8 Å². The molecule has 0 aromatic carbocycles. The van der Waals surface area contributed by atoms with Crippen LogP contribution in [-0.2, 0) is 18.4 Å². The first-order valence-electron chi connectivity index (χ1n) is 4.28. The molecule has 16 heavy (non-hydrogen) atoms. The van der Waals surface area contributed by atoms with Gasteiger partial charge in [-0.3, -0.25) is 13.8 Å². The summed E-state index contributed by atoms with van der Waals surface area (Å²) in [6.45, 7) is 2.84. The lowest BCUT2D eigenvalue weighted by molar-refractivity contribution is -0.164. The molecule has 0 saturated heterocycles. The predicted molar refractivity (Wildman–Crippen MR) is 49.7 cm³/mol. The molecule has 92 valence electrons. The fourth-order valence-corrected chi connectivity index (χ4v) is 1.75. The van der Waals surface area contributed by atoms with Crippen LogP contribution in [-0.4, -0.2) is 25.2 Å². The van der Waals surface area contributed by atoms with Crippen LogP contribution < -0.4 is 0 Å². The molecule has 4 nitrogen and oxygen atoms in total. The van der Waals surface area contributed by atoms with Crippen molar-refractivity contribution in [1.29, 1.82) is 0 Å². The van der Waals surface area contributed by atoms with E-state index >= 15 is 0 Å². The SMILES string of the molecule is CCOP(=O)(C#CC(=O)C(F)(F)F)OCC. The Kier molecular flexibility index (Phi) is 5.73. The van der Waals surface area contributed by atoms with Crippen molar-refractivity contribution < 1.29 is 31.6 Å². The van der Waals surface area contributed by atoms with Crippen LogP contribution in [0.15, 0.2) is 0 Å². The molecular weight excluding hydrogens is 248 g/mol. The molecule has 0 radical (unpaired) electrons. The quantitative estimate of drug-likeness (QED) is 0.573. The smallest absolute Gasteiger partial charge is 0.300 e. The normalized spacial score (nSPS) is 11.8. The second kappa shape index (κ2) is 6.04. The number of hydrogen-bond acceptors (Lipinski definition) is 4. The van der Waals surface area contributed by atoms with Gasteiger partial charge in [-0.15, -0.1) is 0 Å². The highest BCUT2D eigenvalue weighted by Crippen LogP contribution is 2.46. The number of hydrogen-bond donors (Lipinski definition) is 0. The average Bonchev–Trinajstić information content (AvgIpc) is 2.13. The van der Waals surface area contributed by atoms with Crippen molar-refractivity contribution >= 4 is 13.4 Å². The van der Waals surface area contributed by atoms with E-state index in [1.165, 1.54) is 19.8 Å². The first kappa shape index (κ1) is 15.2. The Bertz CT molecular complexity index is 343. The van der Waals surface area contributed by atoms with E-state index in [9.17, 15) is 22.5 Å². The van der Waals surface area contributed by atoms with Gasteiger partial charge in [-0.1, -0.05) is 0 Å². The average molecular weight is 258 g/mol. The van der Waals surface area contributed by atoms with Crippen molar-refractivity contribution in [3.63, 3.8) is 0 Å². The third-order valence-electron chi connectivity index (χ3n) is 1.16. The zero-order chi connectivity index (χ0) is 12.8. The number of carbonyl (C=O) groups is 1. The molecule has 0 heterocycles. The summed E-state index contributed by atoms with van der Waals surface area (Å²) in [6.07, 6.45) is -5.07. The Morgan fingerprint density at radius 2 is 1.69 bits per heavy atom. The molecular formula is C8H10F3O4P. The summed E-state index contributed by atoms with van der Waals surface area (Å²) in [5, 5.41) is 0. The maximum atomic E-state index is 11.8. The standard InChI is InChI=1S/C8H10F3O4P/c1-3-14-16(13,15-4-2)6-5-7(12)8(9,10)11/h3-4H2,1-2H3. The number of alkyl halides is 3. The van der Waals surface area contributed by atoms with Crippen molar-refractivity contribution in [3.8, 4) is 11.6 Å². The van der Waals surface area contributed by atoms with Gasteiger partial charge in [0.05, 0.1) is 13.2 Å². The van der Waals surface area contributed by atoms with E-state index in [0.717, 1.165) is 0 Å². The fourth-order valence-electron chi connectivity index (χ4n) is 0.632. The Hall–Kier alpha value is -0.830. The fraction of sp³-hybridized carbons (Fsp3) is 0.625. The lowest BCUT2D eigenvalue weighted by atomic mass is 10.4. The highest BCUT2D eigenvalue weighted by atomic mass is 31.2. The summed E-state index contributed by atoms with van der Waals surface area (Å²) < 4.78 is 56.0. The van der Waals surface area contributed by atoms with E-state index < -0.39 is 19.6 Å². The van der Waals surface area contributed by atoms with Gasteiger partial charge < -0.3 is 0 Å². The van der Waals surface area contributed by atoms with Crippen LogP contribution >= 0.6 is 7.60 Å². The summed E-state index contributed by atoms with van der Waals surface area (Å²) in [7, 11) is -3.92. The minimum Gasteiger partial charge on any atom is -0.300 e. The Morgan fingerprint density at radius 3 is 2.00 bits per heavy atom. The molecule has 0 aromatic rings. The van der Waals surface area contributed by atoms with Gasteiger partial charge in [-0.2, -0.15) is 13.2 Å². The van der Waals surface area contributed by atoms with Crippen molar-refractivity contribution in [1.82, 2.24) is 0 Å². The molecule has 0 rings (SSSR count). The number of ketones is 1. The summed E-state index contributed by atoms with van der Waals surface area (Å²) in [4.78, 5) is 10.4. The zero-order valence-corrected chi connectivity index (χ0v) is 9.52. The van der Waals surface area contributed by atoms with Crippen LogP contribution in [0.5, 0.6) is 0 Å². The lowest BCUT2D eigenvalue weighted by Crippen LogP contribution is -2.20. The van der Waals surface area contributed by atoms with Gasteiger partial charge in [0.1, 0.15) is 0 Å². The van der Waals surface area contributed by atoms with E-state index in [1.54, 1.807) is 5.66 Å². The lowest BCUT2D eigenvalue weighted by Gasteiger charge is -2.09. The maximum Gasteiger partial charge on any atom is 0.462 e. The molecule has 8 heteroatoms. The molecule has 0 N–H and O–H groups in total. The predicted octanol–water partition coefficient (Wildman–Crippen LogP) is 2.34. The molecule has 0 unspecified atom stereocenters. The Morgan fingerprint density at radius 1 is 1.25 bits per heavy atom. The topological polar surface area (TPSA) is 52.6 Å². The first-order valence-corrected chi connectivity index (χ1v) is 5.83. The minimum absolute atomic E-state index is 0.0494. The summed E-state index contributed by atoms with van der Waals surface area (Å²) in [5.74, 6) is -1.08. The molecule has 0 aliphatic rings. The molecule has 0 bridgehead atoms. The highest BCUT2D eigenvalue weighted by Gasteiger charge is 2.37. The second-order valence-electron chi connectivity index (χ2n) is 2.40. The minimum atomic E-state index is -5.07. The van der Waals surface area contributed by atoms with Gasteiger partial charge in [0.25, 0.3) is 0 Å². The van der Waals surface area contributed by atoms with Crippen molar-refractivity contribution in [2.24, 2.45) is 0 Å². The van der Waals surface area contributed by atoms with Crippen LogP contribution in [0, 0.1) is 11.6 Å². The first-order chi connectivity index (χ1) is 7.25. The van der Waals surface area contributed by atoms with Gasteiger partial charge in [0.15, 0.2) is 0 Å². The molecule has 0 atom stereocenters. The van der Waals surface area contributed by atoms with Crippen LogP contribution in [0.4, 0.5) is 13.2 Å². The maximum absolute atomic E-state index is 11.8. The van der Waals surface area contributed by atoms with Crippen LogP contribution in [0.2, 0.25) is 0 Å². The van der Waals surface area contributed by atoms with Crippen LogP contribution in [0.25, 0.3) is 0 Å². The molecule has 0 aliphatic carbocycles. The van der Waals surface area contributed by atoms with Gasteiger partial charge in [0, 0.05) is 5.66 Å². The highest BCUT2D eigenvalue weighted by molar-refractivity contribution is 7.59. The number of halogens is 3. The molecule has 0 spiro atoms. The number of rotatable bonds is 4. The van der Waals surface area contributed by atoms with Gasteiger partial charge >= 0.3 is 19.6 Å². The Labute approximate surface area is 90.6 Å². The summed E-state index contributed by atoms with van der Waals surface area (Å²) >= 11 is 0. The third-order valence-corrected chi connectivity index (χ3v) is 2.74. The summed E-state index contributed by atoms with van der Waals surface area (Å²) in [6, 6.07) is 0. The van der Waals surface area contributed by atoms with Crippen molar-refractivity contribution in [2.75, 3.05) is 13.2 Å². The summed E-state index contributed by atoms with van der Waals surface area (Å²) in [5.41, 5.74) is 1.60.